The van der Waals surface area contributed by atoms with Gasteiger partial charge in [-0.3, -0.25) is 9.89 Å². The highest BCUT2D eigenvalue weighted by Gasteiger charge is 2.27. The van der Waals surface area contributed by atoms with Crippen molar-refractivity contribution in [3.05, 3.63) is 36.1 Å². The van der Waals surface area contributed by atoms with Crippen LogP contribution in [0.3, 0.4) is 0 Å². The van der Waals surface area contributed by atoms with Crippen LogP contribution in [0.15, 0.2) is 39.7 Å². The fourth-order valence-electron chi connectivity index (χ4n) is 4.11. The molecule has 2 fully saturated rings. The van der Waals surface area contributed by atoms with Crippen LogP contribution in [0.25, 0.3) is 11.0 Å². The number of nitrogens with zero attached hydrogens (tertiary/aromatic N) is 3. The smallest absolute Gasteiger partial charge is 0.193 e. The number of aliphatic imine (C=N–C) groups is 1. The number of hydrogen-bond acceptors (Lipinski definition) is 4. The van der Waals surface area contributed by atoms with Crippen LogP contribution < -0.4 is 5.32 Å². The molecule has 1 atom stereocenters. The number of hydrogen-bond donors (Lipinski definition) is 1. The molecule has 1 aromatic heterocycles. The largest absolute Gasteiger partial charge is 0.461 e. The Labute approximate surface area is 184 Å². The molecule has 0 spiro atoms. The molecule has 1 unspecified atom stereocenters. The van der Waals surface area contributed by atoms with Crippen LogP contribution in [0.2, 0.25) is 0 Å². The number of halogens is 1. The van der Waals surface area contributed by atoms with Crippen molar-refractivity contribution in [1.29, 1.82) is 0 Å². The van der Waals surface area contributed by atoms with Gasteiger partial charge in [-0.05, 0) is 24.5 Å². The summed E-state index contributed by atoms with van der Waals surface area (Å²) in [6.45, 7) is 8.07. The fraction of sp³-hybridized carbons (Fsp3) is 0.571. The Morgan fingerprint density at radius 3 is 2.82 bits per heavy atom. The Kier molecular flexibility index (Phi) is 7.99. The van der Waals surface area contributed by atoms with Gasteiger partial charge in [0.05, 0.1) is 13.2 Å². The van der Waals surface area contributed by atoms with Gasteiger partial charge in [0.25, 0.3) is 0 Å². The van der Waals surface area contributed by atoms with Gasteiger partial charge in [-0.1, -0.05) is 18.2 Å². The number of para-hydroxylation sites is 1. The number of morpholine rings is 1. The Morgan fingerprint density at radius 2 is 2.04 bits per heavy atom. The minimum absolute atomic E-state index is 0. The third-order valence-electron chi connectivity index (χ3n) is 5.55. The summed E-state index contributed by atoms with van der Waals surface area (Å²) in [6.07, 6.45) is 2.10. The minimum atomic E-state index is 0. The Hall–Kier alpha value is -1.32. The Balaban J connectivity index is 0.00000225. The SMILES string of the molecule is CN=C(NCCc1cc2ccccc2o1)N1CCC(CN2CCOCC2)C1.I. The third-order valence-corrected chi connectivity index (χ3v) is 5.55. The van der Waals surface area contributed by atoms with Gasteiger partial charge in [0, 0.05) is 58.1 Å². The molecule has 2 aliphatic heterocycles. The van der Waals surface area contributed by atoms with E-state index in [1.807, 2.05) is 25.2 Å². The van der Waals surface area contributed by atoms with E-state index in [4.69, 9.17) is 9.15 Å². The lowest BCUT2D eigenvalue weighted by Crippen LogP contribution is -2.42. The van der Waals surface area contributed by atoms with Crippen molar-refractivity contribution in [2.75, 3.05) is 59.5 Å². The fourth-order valence-corrected chi connectivity index (χ4v) is 4.11. The molecule has 154 valence electrons. The van der Waals surface area contributed by atoms with Crippen LogP contribution in [-0.2, 0) is 11.2 Å². The average molecular weight is 498 g/mol. The molecule has 0 radical (unpaired) electrons. The van der Waals surface area contributed by atoms with Gasteiger partial charge in [0.15, 0.2) is 5.96 Å². The maximum absolute atomic E-state index is 5.90. The molecule has 0 aliphatic carbocycles. The van der Waals surface area contributed by atoms with Crippen molar-refractivity contribution in [3.8, 4) is 0 Å². The molecule has 0 saturated carbocycles. The number of fused-ring (bicyclic) bond motifs is 1. The van der Waals surface area contributed by atoms with Gasteiger partial charge in [-0.25, -0.2) is 0 Å². The molecule has 2 saturated heterocycles. The molecule has 2 aliphatic rings. The van der Waals surface area contributed by atoms with E-state index in [1.54, 1.807) is 0 Å². The predicted octanol–water partition coefficient (Wildman–Crippen LogP) is 2.82. The summed E-state index contributed by atoms with van der Waals surface area (Å²) in [6, 6.07) is 10.3. The van der Waals surface area contributed by atoms with Crippen LogP contribution in [0.4, 0.5) is 0 Å². The van der Waals surface area contributed by atoms with Gasteiger partial charge >= 0.3 is 0 Å². The number of likely N-dealkylation sites (tertiary alicyclic amines) is 1. The van der Waals surface area contributed by atoms with Crippen molar-refractivity contribution >= 4 is 40.9 Å². The van der Waals surface area contributed by atoms with Crippen LogP contribution in [0.5, 0.6) is 0 Å². The average Bonchev–Trinajstić information content (AvgIpc) is 3.32. The standard InChI is InChI=1S/C21H30N4O2.HI/c1-22-21(23-8-6-19-14-18-4-2-3-5-20(18)27-19)25-9-7-17(16-25)15-24-10-12-26-13-11-24;/h2-5,14,17H,6-13,15-16H2,1H3,(H,22,23);1H. The molecule has 6 nitrogen and oxygen atoms in total. The van der Waals surface area contributed by atoms with E-state index in [1.165, 1.54) is 18.4 Å². The molecular formula is C21H31IN4O2. The summed E-state index contributed by atoms with van der Waals surface area (Å²) in [7, 11) is 1.87. The van der Waals surface area contributed by atoms with Crippen LogP contribution in [0.1, 0.15) is 12.2 Å². The maximum atomic E-state index is 5.90. The highest BCUT2D eigenvalue weighted by Crippen LogP contribution is 2.20. The number of benzene rings is 1. The van der Waals surface area contributed by atoms with Gasteiger partial charge in [-0.15, -0.1) is 24.0 Å². The number of guanidine groups is 1. The zero-order chi connectivity index (χ0) is 18.5. The van der Waals surface area contributed by atoms with Crippen molar-refractivity contribution in [3.63, 3.8) is 0 Å². The van der Waals surface area contributed by atoms with E-state index in [2.05, 4.69) is 32.2 Å². The van der Waals surface area contributed by atoms with Gasteiger partial charge in [0.1, 0.15) is 11.3 Å². The lowest BCUT2D eigenvalue weighted by atomic mass is 10.1. The zero-order valence-corrected chi connectivity index (χ0v) is 18.9. The second-order valence-electron chi connectivity index (χ2n) is 7.49. The van der Waals surface area contributed by atoms with E-state index in [0.29, 0.717) is 0 Å². The van der Waals surface area contributed by atoms with Gasteiger partial charge in [-0.2, -0.15) is 0 Å². The highest BCUT2D eigenvalue weighted by atomic mass is 127. The third kappa shape index (κ3) is 5.39. The number of nitrogens with one attached hydrogen (secondary N) is 1. The lowest BCUT2D eigenvalue weighted by Gasteiger charge is -2.29. The number of ether oxygens (including phenoxy) is 1. The zero-order valence-electron chi connectivity index (χ0n) is 16.6. The molecule has 7 heteroatoms. The molecule has 28 heavy (non-hydrogen) atoms. The second kappa shape index (κ2) is 10.5. The molecular weight excluding hydrogens is 467 g/mol. The molecule has 4 rings (SSSR count). The maximum Gasteiger partial charge on any atom is 0.193 e. The first-order valence-electron chi connectivity index (χ1n) is 10.0. The number of rotatable bonds is 5. The Morgan fingerprint density at radius 1 is 1.21 bits per heavy atom. The van der Waals surface area contributed by atoms with E-state index in [-0.39, 0.29) is 24.0 Å². The minimum Gasteiger partial charge on any atom is -0.461 e. The molecule has 1 N–H and O–H groups in total. The quantitative estimate of drug-likeness (QED) is 0.391. The summed E-state index contributed by atoms with van der Waals surface area (Å²) >= 11 is 0. The van der Waals surface area contributed by atoms with E-state index >= 15 is 0 Å². The predicted molar refractivity (Wildman–Crippen MR) is 124 cm³/mol. The summed E-state index contributed by atoms with van der Waals surface area (Å²) in [5, 5.41) is 4.68. The van der Waals surface area contributed by atoms with Crippen LogP contribution in [-0.4, -0.2) is 75.3 Å². The first-order chi connectivity index (χ1) is 13.3. The summed E-state index contributed by atoms with van der Waals surface area (Å²) < 4.78 is 11.4. The van der Waals surface area contributed by atoms with Gasteiger partial charge in [0.2, 0.25) is 0 Å². The van der Waals surface area contributed by atoms with Crippen LogP contribution >= 0.6 is 24.0 Å². The molecule has 2 aromatic rings. The molecule has 1 aromatic carbocycles. The van der Waals surface area contributed by atoms with E-state index in [0.717, 1.165) is 75.6 Å². The summed E-state index contributed by atoms with van der Waals surface area (Å²) in [5.41, 5.74) is 0.961. The monoisotopic (exact) mass is 498 g/mol. The van der Waals surface area contributed by atoms with Crippen molar-refractivity contribution in [2.45, 2.75) is 12.8 Å². The van der Waals surface area contributed by atoms with Gasteiger partial charge < -0.3 is 19.4 Å². The van der Waals surface area contributed by atoms with Crippen LogP contribution in [0, 0.1) is 5.92 Å². The molecule has 3 heterocycles. The van der Waals surface area contributed by atoms with E-state index in [9.17, 15) is 0 Å². The summed E-state index contributed by atoms with van der Waals surface area (Å²) in [5.74, 6) is 2.75. The van der Waals surface area contributed by atoms with Crippen molar-refractivity contribution in [1.82, 2.24) is 15.1 Å². The first kappa shape index (κ1) is 21.4. The van der Waals surface area contributed by atoms with Crippen molar-refractivity contribution < 1.29 is 9.15 Å². The second-order valence-corrected chi connectivity index (χ2v) is 7.49. The normalized spacial score (nSPS) is 21.1. The van der Waals surface area contributed by atoms with Crippen molar-refractivity contribution in [2.24, 2.45) is 10.9 Å². The van der Waals surface area contributed by atoms with E-state index < -0.39 is 0 Å². The highest BCUT2D eigenvalue weighted by molar-refractivity contribution is 14.0. The topological polar surface area (TPSA) is 53.2 Å². The molecule has 0 amide bonds. The lowest BCUT2D eigenvalue weighted by molar-refractivity contribution is 0.0315. The Bertz CT molecular complexity index is 740. The number of furan rings is 1. The summed E-state index contributed by atoms with van der Waals surface area (Å²) in [4.78, 5) is 9.42. The molecule has 0 bridgehead atoms. The first-order valence-corrected chi connectivity index (χ1v) is 10.0.